The molecule has 7 heteroatoms. The smallest absolute Gasteiger partial charge is 0.313 e. The average molecular weight is 453 g/mol. The molecule has 0 radical (unpaired) electrons. The average Bonchev–Trinajstić information content (AvgIpc) is 2.71. The van der Waals surface area contributed by atoms with Crippen LogP contribution in [0.2, 0.25) is 0 Å². The Bertz CT molecular complexity index is 786. The van der Waals surface area contributed by atoms with Gasteiger partial charge in [-0.1, -0.05) is 50.6 Å². The van der Waals surface area contributed by atoms with Gasteiger partial charge in [-0.15, -0.1) is 21.2 Å². The fourth-order valence-electron chi connectivity index (χ4n) is 3.28. The highest BCUT2D eigenvalue weighted by molar-refractivity contribution is 7.99. The van der Waals surface area contributed by atoms with Gasteiger partial charge in [-0.2, -0.15) is 0 Å². The molecule has 0 spiro atoms. The Hall–Kier alpha value is -1.30. The van der Waals surface area contributed by atoms with Gasteiger partial charge in [-0.25, -0.2) is 4.39 Å². The van der Waals surface area contributed by atoms with E-state index in [2.05, 4.69) is 48.0 Å². The molecule has 0 aliphatic carbocycles. The van der Waals surface area contributed by atoms with E-state index in [0.717, 1.165) is 43.7 Å². The van der Waals surface area contributed by atoms with Gasteiger partial charge in [0.05, 0.1) is 0 Å². The molecular formula is C23H32FNO3PS+. The van der Waals surface area contributed by atoms with E-state index < -0.39 is 8.25 Å². The second kappa shape index (κ2) is 13.2. The van der Waals surface area contributed by atoms with Crippen LogP contribution in [0, 0.1) is 5.82 Å². The minimum atomic E-state index is -2.49. The van der Waals surface area contributed by atoms with Gasteiger partial charge in [0, 0.05) is 16.0 Å². The van der Waals surface area contributed by atoms with E-state index in [9.17, 15) is 8.96 Å². The molecule has 4 nitrogen and oxygen atoms in total. The Labute approximate surface area is 184 Å². The zero-order valence-corrected chi connectivity index (χ0v) is 19.5. The second-order valence-corrected chi connectivity index (χ2v) is 9.82. The molecule has 2 N–H and O–H groups in total. The van der Waals surface area contributed by atoms with Gasteiger partial charge in [0.2, 0.25) is 0 Å². The predicted molar refractivity (Wildman–Crippen MR) is 123 cm³/mol. The largest absolute Gasteiger partial charge is 0.694 e. The molecule has 164 valence electrons. The number of benzene rings is 2. The molecule has 0 heterocycles. The Morgan fingerprint density at radius 2 is 1.83 bits per heavy atom. The summed E-state index contributed by atoms with van der Waals surface area (Å²) in [6.45, 7) is 6.02. The molecule has 0 fully saturated rings. The molecule has 1 atom stereocenters. The number of nitrogens with one attached hydrogen (secondary N) is 1. The summed E-state index contributed by atoms with van der Waals surface area (Å²) < 4.78 is 29.1. The molecule has 30 heavy (non-hydrogen) atoms. The van der Waals surface area contributed by atoms with E-state index in [1.807, 2.05) is 23.9 Å². The van der Waals surface area contributed by atoms with E-state index in [0.29, 0.717) is 6.42 Å². The maximum atomic E-state index is 14.0. The monoisotopic (exact) mass is 452 g/mol. The second-order valence-electron chi connectivity index (χ2n) is 7.91. The van der Waals surface area contributed by atoms with E-state index in [4.69, 9.17) is 4.89 Å². The van der Waals surface area contributed by atoms with Crippen molar-refractivity contribution in [2.75, 3.05) is 18.9 Å². The number of hydrogen-bond donors (Lipinski definition) is 2. The summed E-state index contributed by atoms with van der Waals surface area (Å²) in [7, 11) is -2.49. The van der Waals surface area contributed by atoms with Crippen LogP contribution in [0.25, 0.3) is 0 Å². The van der Waals surface area contributed by atoms with Crippen LogP contribution in [0.3, 0.4) is 0 Å². The van der Waals surface area contributed by atoms with Crippen molar-refractivity contribution in [2.24, 2.45) is 0 Å². The SMILES string of the molecule is CC(C)(CCCCSc1ccc(CNCCCO[P+](=O)O)cc1)c1ccccc1F. The first-order valence-corrected chi connectivity index (χ1v) is 12.5. The molecule has 2 aromatic rings. The van der Waals surface area contributed by atoms with Crippen LogP contribution in [0.5, 0.6) is 0 Å². The fraction of sp³-hybridized carbons (Fsp3) is 0.478. The summed E-state index contributed by atoms with van der Waals surface area (Å²) in [6, 6.07) is 15.6. The van der Waals surface area contributed by atoms with Crippen molar-refractivity contribution >= 4 is 20.0 Å². The molecule has 1 unspecified atom stereocenters. The fourth-order valence-corrected chi connectivity index (χ4v) is 4.48. The highest BCUT2D eigenvalue weighted by Crippen LogP contribution is 2.31. The molecule has 0 bridgehead atoms. The first-order valence-electron chi connectivity index (χ1n) is 10.3. The summed E-state index contributed by atoms with van der Waals surface area (Å²) in [5, 5.41) is 3.30. The van der Waals surface area contributed by atoms with Crippen molar-refractivity contribution in [3.8, 4) is 0 Å². The van der Waals surface area contributed by atoms with Crippen molar-refractivity contribution in [1.82, 2.24) is 5.32 Å². The van der Waals surface area contributed by atoms with E-state index in [1.54, 1.807) is 12.1 Å². The quantitative estimate of drug-likeness (QED) is 0.203. The van der Waals surface area contributed by atoms with Crippen LogP contribution in [0.4, 0.5) is 4.39 Å². The van der Waals surface area contributed by atoms with Gasteiger partial charge in [0.1, 0.15) is 12.4 Å². The minimum Gasteiger partial charge on any atom is -0.313 e. The van der Waals surface area contributed by atoms with Crippen molar-refractivity contribution in [2.45, 2.75) is 56.4 Å². The van der Waals surface area contributed by atoms with Crippen LogP contribution in [0.15, 0.2) is 53.4 Å². The molecule has 0 amide bonds. The molecule has 0 aliphatic heterocycles. The summed E-state index contributed by atoms with van der Waals surface area (Å²) in [5.74, 6) is 0.944. The lowest BCUT2D eigenvalue weighted by Gasteiger charge is -2.25. The normalized spacial score (nSPS) is 12.2. The molecule has 2 rings (SSSR count). The predicted octanol–water partition coefficient (Wildman–Crippen LogP) is 6.21. The molecule has 0 saturated heterocycles. The molecule has 0 aliphatic rings. The standard InChI is InChI=1S/C23H31FNO3PS/c1-23(2,21-8-3-4-9-22(21)24)14-5-6-17-30-20-12-10-19(11-13-20)18-25-15-7-16-28-29(26)27/h3-4,8-13,25H,5-7,14-18H2,1-2H3/p+1. The Kier molecular flexibility index (Phi) is 11.0. The molecule has 0 aromatic heterocycles. The highest BCUT2D eigenvalue weighted by atomic mass is 32.2. The Balaban J connectivity index is 1.61. The minimum absolute atomic E-state index is 0.109. The van der Waals surface area contributed by atoms with Gasteiger partial charge in [-0.05, 0) is 66.3 Å². The first-order chi connectivity index (χ1) is 14.4. The molecule has 0 saturated carbocycles. The number of thioether (sulfide) groups is 1. The van der Waals surface area contributed by atoms with Crippen molar-refractivity contribution < 1.29 is 18.4 Å². The zero-order chi connectivity index (χ0) is 21.8. The topological polar surface area (TPSA) is 58.6 Å². The van der Waals surface area contributed by atoms with Crippen LogP contribution < -0.4 is 5.32 Å². The third kappa shape index (κ3) is 9.23. The van der Waals surface area contributed by atoms with Crippen LogP contribution >= 0.6 is 20.0 Å². The third-order valence-corrected chi connectivity index (χ3v) is 6.52. The third-order valence-electron chi connectivity index (χ3n) is 5.02. The lowest BCUT2D eigenvalue weighted by molar-refractivity contribution is 0.276. The number of hydrogen-bond acceptors (Lipinski definition) is 4. The van der Waals surface area contributed by atoms with E-state index in [-0.39, 0.29) is 17.8 Å². The molecule has 2 aromatic carbocycles. The van der Waals surface area contributed by atoms with Crippen LogP contribution in [0.1, 0.15) is 50.7 Å². The van der Waals surface area contributed by atoms with Gasteiger partial charge in [0.25, 0.3) is 0 Å². The first kappa shape index (κ1) is 25.0. The van der Waals surface area contributed by atoms with Gasteiger partial charge in [-0.3, -0.25) is 0 Å². The van der Waals surface area contributed by atoms with E-state index in [1.165, 1.54) is 10.5 Å². The Morgan fingerprint density at radius 1 is 1.10 bits per heavy atom. The lowest BCUT2D eigenvalue weighted by Crippen LogP contribution is -2.18. The maximum Gasteiger partial charge on any atom is 0.694 e. The number of rotatable bonds is 14. The van der Waals surface area contributed by atoms with Gasteiger partial charge >= 0.3 is 8.25 Å². The summed E-state index contributed by atoms with van der Waals surface area (Å²) >= 11 is 1.85. The lowest BCUT2D eigenvalue weighted by atomic mass is 9.80. The maximum absolute atomic E-state index is 14.0. The van der Waals surface area contributed by atoms with Crippen LogP contribution in [-0.4, -0.2) is 23.8 Å². The summed E-state index contributed by atoms with van der Waals surface area (Å²) in [6.07, 6.45) is 3.85. The zero-order valence-electron chi connectivity index (χ0n) is 17.8. The highest BCUT2D eigenvalue weighted by Gasteiger charge is 2.23. The van der Waals surface area contributed by atoms with Crippen LogP contribution in [-0.2, 0) is 21.0 Å². The van der Waals surface area contributed by atoms with Crippen molar-refractivity contribution in [1.29, 1.82) is 0 Å². The summed E-state index contributed by atoms with van der Waals surface area (Å²) in [4.78, 5) is 9.80. The number of halogens is 1. The van der Waals surface area contributed by atoms with Crippen molar-refractivity contribution in [3.63, 3.8) is 0 Å². The number of unbranched alkanes of at least 4 members (excludes halogenated alkanes) is 1. The Morgan fingerprint density at radius 3 is 2.53 bits per heavy atom. The van der Waals surface area contributed by atoms with Gasteiger partial charge < -0.3 is 5.32 Å². The van der Waals surface area contributed by atoms with E-state index >= 15 is 0 Å². The van der Waals surface area contributed by atoms with Crippen molar-refractivity contribution in [3.05, 3.63) is 65.5 Å². The summed E-state index contributed by atoms with van der Waals surface area (Å²) in [5.41, 5.74) is 1.87. The van der Waals surface area contributed by atoms with Gasteiger partial charge in [0.15, 0.2) is 0 Å². The molecular weight excluding hydrogens is 420 g/mol.